The van der Waals surface area contributed by atoms with Gasteiger partial charge in [0.15, 0.2) is 18.5 Å². The number of carboxylic acids is 1. The van der Waals surface area contributed by atoms with Crippen LogP contribution in [0.4, 0.5) is 0 Å². The summed E-state index contributed by atoms with van der Waals surface area (Å²) in [6.07, 6.45) is 1.29. The number of carboxylic acid groups (broad SMARTS) is 1. The van der Waals surface area contributed by atoms with Crippen molar-refractivity contribution >= 4 is 17.8 Å². The lowest BCUT2D eigenvalue weighted by molar-refractivity contribution is -0.139. The van der Waals surface area contributed by atoms with Gasteiger partial charge in [-0.1, -0.05) is 54.6 Å². The molecule has 5 nitrogen and oxygen atoms in total. The third kappa shape index (κ3) is 4.04. The molecule has 144 valence electrons. The zero-order valence-corrected chi connectivity index (χ0v) is 15.4. The SMILES string of the molecule is O=C(O)COc1ccc(/C=C2/C(=O)c3ccccc3O[C@H]2c2ccccc2)cc1. The minimum absolute atomic E-state index is 0.0769. The highest BCUT2D eigenvalue weighted by Gasteiger charge is 2.32. The molecule has 1 atom stereocenters. The third-order valence-corrected chi connectivity index (χ3v) is 4.59. The first-order valence-electron chi connectivity index (χ1n) is 9.13. The first-order valence-corrected chi connectivity index (χ1v) is 9.13. The molecule has 4 rings (SSSR count). The van der Waals surface area contributed by atoms with Gasteiger partial charge in [0.1, 0.15) is 11.5 Å². The van der Waals surface area contributed by atoms with Gasteiger partial charge in [-0.2, -0.15) is 0 Å². The third-order valence-electron chi connectivity index (χ3n) is 4.59. The zero-order valence-electron chi connectivity index (χ0n) is 15.4. The summed E-state index contributed by atoms with van der Waals surface area (Å²) in [5.74, 6) is -0.0935. The standard InChI is InChI=1S/C24H18O5/c25-22(26)15-28-18-12-10-16(11-13-18)14-20-23(27)19-8-4-5-9-21(19)29-24(20)17-6-2-1-3-7-17/h1-14,24H,15H2,(H,25,26)/b20-14-/t24-/m0/s1. The molecular formula is C24H18O5. The molecule has 5 heteroatoms. The van der Waals surface area contributed by atoms with Gasteiger partial charge in [0.2, 0.25) is 0 Å². The molecule has 0 saturated carbocycles. The van der Waals surface area contributed by atoms with Crippen molar-refractivity contribution in [3.63, 3.8) is 0 Å². The average Bonchev–Trinajstić information content (AvgIpc) is 2.75. The number of hydrogen-bond donors (Lipinski definition) is 1. The zero-order chi connectivity index (χ0) is 20.2. The van der Waals surface area contributed by atoms with E-state index in [4.69, 9.17) is 14.6 Å². The summed E-state index contributed by atoms with van der Waals surface area (Å²) in [5, 5.41) is 8.71. The molecule has 1 aliphatic heterocycles. The number of carbonyl (C=O) groups excluding carboxylic acids is 1. The van der Waals surface area contributed by atoms with Crippen LogP contribution in [0.1, 0.15) is 27.6 Å². The molecule has 0 saturated heterocycles. The van der Waals surface area contributed by atoms with E-state index < -0.39 is 18.7 Å². The maximum Gasteiger partial charge on any atom is 0.341 e. The van der Waals surface area contributed by atoms with Gasteiger partial charge in [0.05, 0.1) is 5.56 Å². The molecule has 3 aromatic carbocycles. The summed E-state index contributed by atoms with van der Waals surface area (Å²) >= 11 is 0. The first-order chi connectivity index (χ1) is 14.1. The van der Waals surface area contributed by atoms with E-state index >= 15 is 0 Å². The Labute approximate surface area is 167 Å². The lowest BCUT2D eigenvalue weighted by Gasteiger charge is -2.28. The van der Waals surface area contributed by atoms with Gasteiger partial charge < -0.3 is 14.6 Å². The number of para-hydroxylation sites is 1. The number of hydrogen-bond acceptors (Lipinski definition) is 4. The van der Waals surface area contributed by atoms with Crippen LogP contribution < -0.4 is 9.47 Å². The van der Waals surface area contributed by atoms with E-state index in [-0.39, 0.29) is 5.78 Å². The van der Waals surface area contributed by atoms with Gasteiger partial charge in [0.25, 0.3) is 0 Å². The molecule has 1 N–H and O–H groups in total. The van der Waals surface area contributed by atoms with E-state index in [1.54, 1.807) is 42.5 Å². The summed E-state index contributed by atoms with van der Waals surface area (Å²) in [4.78, 5) is 23.8. The largest absolute Gasteiger partial charge is 0.482 e. The highest BCUT2D eigenvalue weighted by atomic mass is 16.5. The van der Waals surface area contributed by atoms with Crippen molar-refractivity contribution in [1.29, 1.82) is 0 Å². The Bertz CT molecular complexity index is 1070. The van der Waals surface area contributed by atoms with Crippen LogP contribution in [0, 0.1) is 0 Å². The molecule has 1 heterocycles. The van der Waals surface area contributed by atoms with Gasteiger partial charge in [-0.3, -0.25) is 4.79 Å². The number of Topliss-reactive ketones (excluding diaryl/α,β-unsaturated/α-hetero) is 1. The normalized spacial score (nSPS) is 16.8. The summed E-state index contributed by atoms with van der Waals surface area (Å²) in [5.41, 5.74) is 2.75. The van der Waals surface area contributed by atoms with E-state index in [0.717, 1.165) is 11.1 Å². The van der Waals surface area contributed by atoms with Crippen LogP contribution in [-0.2, 0) is 4.79 Å². The Hall–Kier alpha value is -3.86. The molecule has 0 bridgehead atoms. The summed E-state index contributed by atoms with van der Waals surface area (Å²) in [6, 6.07) is 23.7. The van der Waals surface area contributed by atoms with Crippen LogP contribution in [-0.4, -0.2) is 23.5 Å². The number of rotatable bonds is 5. The average molecular weight is 386 g/mol. The Kier molecular flexibility index (Phi) is 5.12. The lowest BCUT2D eigenvalue weighted by atomic mass is 9.89. The molecule has 29 heavy (non-hydrogen) atoms. The quantitative estimate of drug-likeness (QED) is 0.651. The Balaban J connectivity index is 1.70. The van der Waals surface area contributed by atoms with Crippen molar-refractivity contribution in [2.75, 3.05) is 6.61 Å². The Morgan fingerprint density at radius 3 is 2.38 bits per heavy atom. The van der Waals surface area contributed by atoms with Gasteiger partial charge in [-0.05, 0) is 41.5 Å². The minimum atomic E-state index is -1.04. The van der Waals surface area contributed by atoms with E-state index in [1.807, 2.05) is 42.5 Å². The van der Waals surface area contributed by atoms with E-state index in [1.165, 1.54) is 0 Å². The van der Waals surface area contributed by atoms with Crippen molar-refractivity contribution in [2.24, 2.45) is 0 Å². The predicted molar refractivity (Wildman–Crippen MR) is 108 cm³/mol. The fraction of sp³-hybridized carbons (Fsp3) is 0.0833. The highest BCUT2D eigenvalue weighted by Crippen LogP contribution is 2.39. The van der Waals surface area contributed by atoms with Crippen LogP contribution in [0.5, 0.6) is 11.5 Å². The second-order valence-electron chi connectivity index (χ2n) is 6.58. The molecule has 0 unspecified atom stereocenters. The molecule has 0 spiro atoms. The van der Waals surface area contributed by atoms with Crippen molar-refractivity contribution in [3.8, 4) is 11.5 Å². The number of ether oxygens (including phenoxy) is 2. The maximum atomic E-state index is 13.2. The molecule has 0 amide bonds. The monoisotopic (exact) mass is 386 g/mol. The fourth-order valence-electron chi connectivity index (χ4n) is 3.22. The number of aliphatic carboxylic acids is 1. The van der Waals surface area contributed by atoms with Crippen molar-refractivity contribution in [2.45, 2.75) is 6.10 Å². The van der Waals surface area contributed by atoms with E-state index in [2.05, 4.69) is 0 Å². The van der Waals surface area contributed by atoms with Crippen molar-refractivity contribution in [1.82, 2.24) is 0 Å². The number of carbonyl (C=O) groups is 2. The second kappa shape index (κ2) is 8.02. The molecule has 0 aromatic heterocycles. The minimum Gasteiger partial charge on any atom is -0.482 e. The summed E-state index contributed by atoms with van der Waals surface area (Å²) in [7, 11) is 0. The van der Waals surface area contributed by atoms with Crippen LogP contribution in [0.3, 0.4) is 0 Å². The van der Waals surface area contributed by atoms with Crippen molar-refractivity contribution in [3.05, 3.63) is 101 Å². The van der Waals surface area contributed by atoms with E-state index in [0.29, 0.717) is 22.6 Å². The maximum absolute atomic E-state index is 13.2. The molecule has 1 aliphatic rings. The Morgan fingerprint density at radius 1 is 0.966 bits per heavy atom. The second-order valence-corrected chi connectivity index (χ2v) is 6.58. The number of benzene rings is 3. The van der Waals surface area contributed by atoms with Gasteiger partial charge >= 0.3 is 5.97 Å². The lowest BCUT2D eigenvalue weighted by Crippen LogP contribution is -2.23. The fourth-order valence-corrected chi connectivity index (χ4v) is 3.22. The van der Waals surface area contributed by atoms with Crippen LogP contribution in [0.2, 0.25) is 0 Å². The molecule has 0 fully saturated rings. The summed E-state index contributed by atoms with van der Waals surface area (Å²) in [6.45, 7) is -0.403. The Morgan fingerprint density at radius 2 is 1.66 bits per heavy atom. The molecular weight excluding hydrogens is 368 g/mol. The number of ketones is 1. The molecule has 0 aliphatic carbocycles. The molecule has 3 aromatic rings. The molecule has 0 radical (unpaired) electrons. The van der Waals surface area contributed by atoms with Gasteiger partial charge in [-0.25, -0.2) is 4.79 Å². The van der Waals surface area contributed by atoms with E-state index in [9.17, 15) is 9.59 Å². The highest BCUT2D eigenvalue weighted by molar-refractivity contribution is 6.14. The summed E-state index contributed by atoms with van der Waals surface area (Å²) < 4.78 is 11.3. The van der Waals surface area contributed by atoms with Crippen molar-refractivity contribution < 1.29 is 24.2 Å². The first kappa shape index (κ1) is 18.5. The van der Waals surface area contributed by atoms with Crippen LogP contribution >= 0.6 is 0 Å². The van der Waals surface area contributed by atoms with Crippen LogP contribution in [0.25, 0.3) is 6.08 Å². The van der Waals surface area contributed by atoms with Gasteiger partial charge in [0, 0.05) is 5.57 Å². The topological polar surface area (TPSA) is 72.8 Å². The smallest absolute Gasteiger partial charge is 0.341 e. The predicted octanol–water partition coefficient (Wildman–Crippen LogP) is 4.55. The van der Waals surface area contributed by atoms with Crippen LogP contribution in [0.15, 0.2) is 84.4 Å². The number of fused-ring (bicyclic) bond motifs is 1. The van der Waals surface area contributed by atoms with Gasteiger partial charge in [-0.15, -0.1) is 0 Å².